The Bertz CT molecular complexity index is 431. The van der Waals surface area contributed by atoms with E-state index in [2.05, 4.69) is 30.4 Å². The summed E-state index contributed by atoms with van der Waals surface area (Å²) < 4.78 is 5.38. The fraction of sp³-hybridized carbons (Fsp3) is 0.647. The number of benzene rings is 1. The molecule has 0 saturated heterocycles. The number of hydrogen-bond acceptors (Lipinski definition) is 2. The average Bonchev–Trinajstić information content (AvgIpc) is 3.07. The molecule has 2 bridgehead atoms. The van der Waals surface area contributed by atoms with Crippen LogP contribution in [0.5, 0.6) is 5.75 Å². The second-order valence-corrected chi connectivity index (χ2v) is 6.15. The second-order valence-electron chi connectivity index (χ2n) is 6.15. The lowest BCUT2D eigenvalue weighted by atomic mass is 9.80. The lowest BCUT2D eigenvalue weighted by molar-refractivity contribution is 0.252. The summed E-state index contributed by atoms with van der Waals surface area (Å²) in [6, 6.07) is 9.12. The van der Waals surface area contributed by atoms with E-state index in [0.717, 1.165) is 30.0 Å². The van der Waals surface area contributed by atoms with Gasteiger partial charge in [0, 0.05) is 6.04 Å². The molecule has 0 amide bonds. The van der Waals surface area contributed by atoms with Crippen LogP contribution in [0.3, 0.4) is 0 Å². The minimum absolute atomic E-state index is 0.510. The molecule has 3 rings (SSSR count). The van der Waals surface area contributed by atoms with Crippen LogP contribution in [0, 0.1) is 17.8 Å². The monoisotopic (exact) mass is 259 g/mol. The largest absolute Gasteiger partial charge is 0.497 e. The van der Waals surface area contributed by atoms with Crippen molar-refractivity contribution in [2.45, 2.75) is 38.6 Å². The highest BCUT2D eigenvalue weighted by molar-refractivity contribution is 5.31. The van der Waals surface area contributed by atoms with Crippen LogP contribution in [0.25, 0.3) is 0 Å². The van der Waals surface area contributed by atoms with Gasteiger partial charge in [0.05, 0.1) is 7.11 Å². The zero-order valence-electron chi connectivity index (χ0n) is 12.1. The molecular formula is C17H25NO. The van der Waals surface area contributed by atoms with Gasteiger partial charge in [-0.05, 0) is 61.3 Å². The molecule has 2 aliphatic carbocycles. The first-order chi connectivity index (χ1) is 9.31. The van der Waals surface area contributed by atoms with Crippen LogP contribution in [0.15, 0.2) is 24.3 Å². The summed E-state index contributed by atoms with van der Waals surface area (Å²) in [7, 11) is 1.75. The number of nitrogens with one attached hydrogen (secondary N) is 1. The van der Waals surface area contributed by atoms with Gasteiger partial charge in [-0.3, -0.25) is 0 Å². The molecule has 2 fully saturated rings. The highest BCUT2D eigenvalue weighted by Crippen LogP contribution is 2.52. The van der Waals surface area contributed by atoms with Crippen molar-refractivity contribution in [2.24, 2.45) is 17.8 Å². The Hall–Kier alpha value is -1.02. The van der Waals surface area contributed by atoms with Gasteiger partial charge >= 0.3 is 0 Å². The normalized spacial score (nSPS) is 30.5. The Labute approximate surface area is 116 Å². The molecular weight excluding hydrogens is 234 g/mol. The molecule has 1 aromatic carbocycles. The van der Waals surface area contributed by atoms with E-state index in [4.69, 9.17) is 4.74 Å². The van der Waals surface area contributed by atoms with E-state index < -0.39 is 0 Å². The van der Waals surface area contributed by atoms with Gasteiger partial charge in [-0.25, -0.2) is 0 Å². The van der Waals surface area contributed by atoms with Crippen LogP contribution >= 0.6 is 0 Å². The van der Waals surface area contributed by atoms with Gasteiger partial charge in [0.25, 0.3) is 0 Å². The quantitative estimate of drug-likeness (QED) is 0.869. The van der Waals surface area contributed by atoms with Crippen LogP contribution in [-0.4, -0.2) is 13.7 Å². The van der Waals surface area contributed by atoms with Gasteiger partial charge in [-0.2, -0.15) is 0 Å². The van der Waals surface area contributed by atoms with Crippen LogP contribution in [0.1, 0.15) is 44.2 Å². The molecule has 0 spiro atoms. The smallest absolute Gasteiger partial charge is 0.119 e. The van der Waals surface area contributed by atoms with Crippen LogP contribution in [0.2, 0.25) is 0 Å². The second kappa shape index (κ2) is 5.54. The number of hydrogen-bond donors (Lipinski definition) is 1. The van der Waals surface area contributed by atoms with E-state index in [1.165, 1.54) is 31.2 Å². The van der Waals surface area contributed by atoms with Crippen molar-refractivity contribution >= 4 is 0 Å². The van der Waals surface area contributed by atoms with Crippen molar-refractivity contribution in [3.05, 3.63) is 29.8 Å². The summed E-state index contributed by atoms with van der Waals surface area (Å²) in [5, 5.41) is 3.72. The Morgan fingerprint density at radius 2 is 2.21 bits per heavy atom. The fourth-order valence-corrected chi connectivity index (χ4v) is 4.27. The van der Waals surface area contributed by atoms with Crippen molar-refractivity contribution < 1.29 is 4.74 Å². The summed E-state index contributed by atoms with van der Waals surface area (Å²) in [5.41, 5.74) is 1.40. The van der Waals surface area contributed by atoms with Crippen molar-refractivity contribution in [3.8, 4) is 5.75 Å². The molecule has 0 aromatic heterocycles. The maximum Gasteiger partial charge on any atom is 0.119 e. The standard InChI is InChI=1S/C17H25NO/c1-3-18-17(14-5-4-6-15(11-14)19-2)16-10-12-7-8-13(16)9-12/h4-6,11-13,16-18H,3,7-10H2,1-2H3. The Kier molecular flexibility index (Phi) is 3.79. The zero-order chi connectivity index (χ0) is 13.2. The van der Waals surface area contributed by atoms with Crippen molar-refractivity contribution in [3.63, 3.8) is 0 Å². The summed E-state index contributed by atoms with van der Waals surface area (Å²) >= 11 is 0. The number of fused-ring (bicyclic) bond motifs is 2. The molecule has 2 saturated carbocycles. The summed E-state index contributed by atoms with van der Waals surface area (Å²) in [4.78, 5) is 0. The third-order valence-corrected chi connectivity index (χ3v) is 5.10. The summed E-state index contributed by atoms with van der Waals surface area (Å²) in [6.07, 6.45) is 5.80. The van der Waals surface area contributed by atoms with Gasteiger partial charge in [0.1, 0.15) is 5.75 Å². The molecule has 4 atom stereocenters. The van der Waals surface area contributed by atoms with E-state index in [0.29, 0.717) is 6.04 Å². The molecule has 104 valence electrons. The number of rotatable bonds is 5. The average molecular weight is 259 g/mol. The van der Waals surface area contributed by atoms with Gasteiger partial charge in [-0.1, -0.05) is 25.5 Å². The topological polar surface area (TPSA) is 21.3 Å². The van der Waals surface area contributed by atoms with Gasteiger partial charge < -0.3 is 10.1 Å². The third kappa shape index (κ3) is 2.51. The zero-order valence-corrected chi connectivity index (χ0v) is 12.1. The maximum atomic E-state index is 5.38. The first-order valence-corrected chi connectivity index (χ1v) is 7.69. The molecule has 0 heterocycles. The first kappa shape index (κ1) is 13.0. The molecule has 4 unspecified atom stereocenters. The molecule has 1 N–H and O–H groups in total. The van der Waals surface area contributed by atoms with Gasteiger partial charge in [0.15, 0.2) is 0 Å². The highest BCUT2D eigenvalue weighted by atomic mass is 16.5. The predicted octanol–water partition coefficient (Wildman–Crippen LogP) is 3.78. The van der Waals surface area contributed by atoms with Crippen LogP contribution in [0.4, 0.5) is 0 Å². The minimum atomic E-state index is 0.510. The van der Waals surface area contributed by atoms with E-state index >= 15 is 0 Å². The van der Waals surface area contributed by atoms with Crippen molar-refractivity contribution in [1.82, 2.24) is 5.32 Å². The van der Waals surface area contributed by atoms with E-state index in [9.17, 15) is 0 Å². The fourth-order valence-electron chi connectivity index (χ4n) is 4.27. The molecule has 0 radical (unpaired) electrons. The van der Waals surface area contributed by atoms with E-state index in [1.807, 2.05) is 6.07 Å². The van der Waals surface area contributed by atoms with Crippen molar-refractivity contribution in [2.75, 3.05) is 13.7 Å². The van der Waals surface area contributed by atoms with Gasteiger partial charge in [-0.15, -0.1) is 0 Å². The summed E-state index contributed by atoms with van der Waals surface area (Å²) in [6.45, 7) is 3.25. The van der Waals surface area contributed by atoms with Gasteiger partial charge in [0.2, 0.25) is 0 Å². The molecule has 19 heavy (non-hydrogen) atoms. The maximum absolute atomic E-state index is 5.38. The summed E-state index contributed by atoms with van der Waals surface area (Å²) in [5.74, 6) is 3.75. The third-order valence-electron chi connectivity index (χ3n) is 5.10. The molecule has 2 aliphatic rings. The van der Waals surface area contributed by atoms with Crippen LogP contribution < -0.4 is 10.1 Å². The molecule has 2 heteroatoms. The van der Waals surface area contributed by atoms with Crippen LogP contribution in [-0.2, 0) is 0 Å². The lowest BCUT2D eigenvalue weighted by Crippen LogP contribution is -2.31. The number of ether oxygens (including phenoxy) is 1. The lowest BCUT2D eigenvalue weighted by Gasteiger charge is -2.31. The Morgan fingerprint density at radius 3 is 2.84 bits per heavy atom. The van der Waals surface area contributed by atoms with E-state index in [1.54, 1.807) is 7.11 Å². The molecule has 2 nitrogen and oxygen atoms in total. The predicted molar refractivity (Wildman–Crippen MR) is 78.3 cm³/mol. The van der Waals surface area contributed by atoms with E-state index in [-0.39, 0.29) is 0 Å². The first-order valence-electron chi connectivity index (χ1n) is 7.69. The molecule has 1 aromatic rings. The minimum Gasteiger partial charge on any atom is -0.497 e. The van der Waals surface area contributed by atoms with Crippen molar-refractivity contribution in [1.29, 1.82) is 0 Å². The molecule has 0 aliphatic heterocycles. The SMILES string of the molecule is CCNC(c1cccc(OC)c1)C1CC2CCC1C2. The highest BCUT2D eigenvalue weighted by Gasteiger charge is 2.43. The number of methoxy groups -OCH3 is 1. The Morgan fingerprint density at radius 1 is 1.32 bits per heavy atom. The Balaban J connectivity index is 1.83.